The Kier molecular flexibility index (Phi) is 10.4. The van der Waals surface area contributed by atoms with Gasteiger partial charge >= 0.3 is 0 Å². The van der Waals surface area contributed by atoms with Crippen molar-refractivity contribution in [1.29, 1.82) is 0 Å². The Morgan fingerprint density at radius 1 is 0.774 bits per heavy atom. The number of rotatable bonds is 13. The van der Waals surface area contributed by atoms with Gasteiger partial charge in [-0.1, -0.05) is 37.6 Å². The molecule has 2 aromatic carbocycles. The molecule has 6 nitrogen and oxygen atoms in total. The molecule has 2 amide bonds. The van der Waals surface area contributed by atoms with E-state index in [0.717, 1.165) is 35.5 Å². The van der Waals surface area contributed by atoms with Crippen LogP contribution in [0.2, 0.25) is 0 Å². The van der Waals surface area contributed by atoms with E-state index < -0.39 is 0 Å². The zero-order valence-corrected chi connectivity index (χ0v) is 18.8. The van der Waals surface area contributed by atoms with Gasteiger partial charge < -0.3 is 20.1 Å². The first-order chi connectivity index (χ1) is 15.0. The molecule has 0 heterocycles. The molecule has 0 aliphatic heterocycles. The summed E-state index contributed by atoms with van der Waals surface area (Å²) in [5, 5.41) is 5.99. The first-order valence-electron chi connectivity index (χ1n) is 11.0. The minimum absolute atomic E-state index is 0.0524. The van der Waals surface area contributed by atoms with Crippen LogP contribution in [-0.4, -0.2) is 37.6 Å². The lowest BCUT2D eigenvalue weighted by Crippen LogP contribution is -2.44. The molecule has 0 aromatic heterocycles. The van der Waals surface area contributed by atoms with Crippen molar-refractivity contribution in [2.45, 2.75) is 52.5 Å². The standard InChI is InChI=1S/C25H34N2O4/c1-4-7-21(27-25(29)17-20-10-14-23(15-11-20)31-6-3)18-26-24(28)16-19-8-12-22(13-9-19)30-5-2/h8-15,21H,4-7,16-18H2,1-3H3,(H,26,28)(H,27,29). The second-order valence-electron chi connectivity index (χ2n) is 7.36. The van der Waals surface area contributed by atoms with Crippen LogP contribution in [0.15, 0.2) is 48.5 Å². The number of carbonyl (C=O) groups excluding carboxylic acids is 2. The van der Waals surface area contributed by atoms with Crippen molar-refractivity contribution < 1.29 is 19.1 Å². The van der Waals surface area contributed by atoms with Gasteiger partial charge in [-0.2, -0.15) is 0 Å². The van der Waals surface area contributed by atoms with Crippen LogP contribution < -0.4 is 20.1 Å². The Hall–Kier alpha value is -3.02. The highest BCUT2D eigenvalue weighted by Gasteiger charge is 2.14. The first kappa shape index (κ1) is 24.3. The van der Waals surface area contributed by atoms with Gasteiger partial charge in [-0.05, 0) is 55.7 Å². The van der Waals surface area contributed by atoms with Crippen LogP contribution in [0, 0.1) is 0 Å². The summed E-state index contributed by atoms with van der Waals surface area (Å²) in [6.45, 7) is 7.58. The van der Waals surface area contributed by atoms with Gasteiger partial charge in [-0.3, -0.25) is 9.59 Å². The fraction of sp³-hybridized carbons (Fsp3) is 0.440. The molecule has 2 aromatic rings. The number of hydrogen-bond donors (Lipinski definition) is 2. The zero-order chi connectivity index (χ0) is 22.5. The van der Waals surface area contributed by atoms with E-state index in [1.165, 1.54) is 0 Å². The Morgan fingerprint density at radius 2 is 1.26 bits per heavy atom. The third kappa shape index (κ3) is 9.11. The third-order valence-corrected chi connectivity index (χ3v) is 4.75. The fourth-order valence-corrected chi connectivity index (χ4v) is 3.26. The Bertz CT molecular complexity index is 803. The summed E-state index contributed by atoms with van der Waals surface area (Å²) < 4.78 is 10.8. The topological polar surface area (TPSA) is 76.7 Å². The summed E-state index contributed by atoms with van der Waals surface area (Å²) in [7, 11) is 0. The Labute approximate surface area is 185 Å². The maximum absolute atomic E-state index is 12.5. The van der Waals surface area contributed by atoms with Crippen LogP contribution in [0.3, 0.4) is 0 Å². The van der Waals surface area contributed by atoms with Crippen LogP contribution in [0.1, 0.15) is 44.7 Å². The van der Waals surface area contributed by atoms with Gasteiger partial charge in [0.1, 0.15) is 11.5 Å². The van der Waals surface area contributed by atoms with Crippen molar-refractivity contribution in [2.24, 2.45) is 0 Å². The second-order valence-corrected chi connectivity index (χ2v) is 7.36. The highest BCUT2D eigenvalue weighted by molar-refractivity contribution is 5.80. The van der Waals surface area contributed by atoms with E-state index in [1.54, 1.807) is 0 Å². The minimum atomic E-state index is -0.0931. The van der Waals surface area contributed by atoms with Crippen LogP contribution in [0.5, 0.6) is 11.5 Å². The Balaban J connectivity index is 1.80. The summed E-state index contributed by atoms with van der Waals surface area (Å²) in [6.07, 6.45) is 2.32. The molecule has 2 rings (SSSR count). The molecule has 1 unspecified atom stereocenters. The molecule has 0 aliphatic carbocycles. The summed E-state index contributed by atoms with van der Waals surface area (Å²) in [4.78, 5) is 24.8. The van der Waals surface area contributed by atoms with Gasteiger partial charge in [-0.25, -0.2) is 0 Å². The normalized spacial score (nSPS) is 11.5. The van der Waals surface area contributed by atoms with Crippen molar-refractivity contribution >= 4 is 11.8 Å². The quantitative estimate of drug-likeness (QED) is 0.512. The maximum atomic E-state index is 12.5. The van der Waals surface area contributed by atoms with E-state index >= 15 is 0 Å². The summed E-state index contributed by atoms with van der Waals surface area (Å²) in [5.74, 6) is 1.48. The fourth-order valence-electron chi connectivity index (χ4n) is 3.26. The molecule has 0 radical (unpaired) electrons. The number of hydrogen-bond acceptors (Lipinski definition) is 4. The molecule has 0 aliphatic rings. The molecule has 0 bridgehead atoms. The lowest BCUT2D eigenvalue weighted by atomic mass is 10.1. The largest absolute Gasteiger partial charge is 0.494 e. The molecule has 2 N–H and O–H groups in total. The molecular weight excluding hydrogens is 392 g/mol. The molecular formula is C25H34N2O4. The lowest BCUT2D eigenvalue weighted by molar-refractivity contribution is -0.123. The van der Waals surface area contributed by atoms with Gasteiger partial charge in [0.15, 0.2) is 0 Å². The molecule has 168 valence electrons. The highest BCUT2D eigenvalue weighted by atomic mass is 16.5. The number of benzene rings is 2. The van der Waals surface area contributed by atoms with Crippen LogP contribution in [0.25, 0.3) is 0 Å². The predicted molar refractivity (Wildman–Crippen MR) is 122 cm³/mol. The van der Waals surface area contributed by atoms with Gasteiger partial charge in [0.2, 0.25) is 11.8 Å². The molecule has 0 fully saturated rings. The second kappa shape index (κ2) is 13.3. The van der Waals surface area contributed by atoms with Gasteiger partial charge in [0, 0.05) is 12.6 Å². The van der Waals surface area contributed by atoms with Crippen LogP contribution >= 0.6 is 0 Å². The van der Waals surface area contributed by atoms with Gasteiger partial charge in [-0.15, -0.1) is 0 Å². The number of nitrogens with one attached hydrogen (secondary N) is 2. The van der Waals surface area contributed by atoms with E-state index in [4.69, 9.17) is 9.47 Å². The van der Waals surface area contributed by atoms with Crippen molar-refractivity contribution in [3.63, 3.8) is 0 Å². The minimum Gasteiger partial charge on any atom is -0.494 e. The molecule has 6 heteroatoms. The van der Waals surface area contributed by atoms with E-state index in [9.17, 15) is 9.59 Å². The third-order valence-electron chi connectivity index (χ3n) is 4.75. The average Bonchev–Trinajstić information content (AvgIpc) is 2.75. The van der Waals surface area contributed by atoms with Crippen molar-refractivity contribution in [3.8, 4) is 11.5 Å². The first-order valence-corrected chi connectivity index (χ1v) is 11.0. The van der Waals surface area contributed by atoms with Crippen molar-refractivity contribution in [2.75, 3.05) is 19.8 Å². The molecule has 31 heavy (non-hydrogen) atoms. The predicted octanol–water partition coefficient (Wildman–Crippen LogP) is 3.67. The highest BCUT2D eigenvalue weighted by Crippen LogP contribution is 2.13. The van der Waals surface area contributed by atoms with Crippen molar-refractivity contribution in [1.82, 2.24) is 10.6 Å². The summed E-state index contributed by atoms with van der Waals surface area (Å²) in [6, 6.07) is 15.0. The number of carbonyl (C=O) groups is 2. The SMILES string of the molecule is CCCC(CNC(=O)Cc1ccc(OCC)cc1)NC(=O)Cc1ccc(OCC)cc1. The number of amides is 2. The molecule has 0 saturated carbocycles. The van der Waals surface area contributed by atoms with E-state index in [0.29, 0.717) is 32.6 Å². The summed E-state index contributed by atoms with van der Waals surface area (Å²) in [5.41, 5.74) is 1.85. The number of ether oxygens (including phenoxy) is 2. The van der Waals surface area contributed by atoms with Crippen LogP contribution in [0.4, 0.5) is 0 Å². The van der Waals surface area contributed by atoms with E-state index in [1.807, 2.05) is 62.4 Å². The summed E-state index contributed by atoms with van der Waals surface area (Å²) >= 11 is 0. The molecule has 0 saturated heterocycles. The van der Waals surface area contributed by atoms with E-state index in [2.05, 4.69) is 17.6 Å². The van der Waals surface area contributed by atoms with E-state index in [-0.39, 0.29) is 17.9 Å². The van der Waals surface area contributed by atoms with Crippen molar-refractivity contribution in [3.05, 3.63) is 59.7 Å². The average molecular weight is 427 g/mol. The molecule has 1 atom stereocenters. The smallest absolute Gasteiger partial charge is 0.224 e. The van der Waals surface area contributed by atoms with Crippen LogP contribution in [-0.2, 0) is 22.4 Å². The Morgan fingerprint density at radius 3 is 1.71 bits per heavy atom. The monoisotopic (exact) mass is 426 g/mol. The lowest BCUT2D eigenvalue weighted by Gasteiger charge is -2.19. The maximum Gasteiger partial charge on any atom is 0.224 e. The van der Waals surface area contributed by atoms with Gasteiger partial charge in [0.05, 0.1) is 26.1 Å². The molecule has 0 spiro atoms. The van der Waals surface area contributed by atoms with Gasteiger partial charge in [0.25, 0.3) is 0 Å². The zero-order valence-electron chi connectivity index (χ0n) is 18.8.